The van der Waals surface area contributed by atoms with E-state index < -0.39 is 17.7 Å². The molecule has 0 aromatic carbocycles. The maximum atomic E-state index is 11.5. The zero-order valence-electron chi connectivity index (χ0n) is 4.58. The first-order chi connectivity index (χ1) is 4.67. The smallest absolute Gasteiger partial charge is 0.381 e. The van der Waals surface area contributed by atoms with Crippen molar-refractivity contribution in [2.45, 2.75) is 12.3 Å². The second-order valence-corrected chi connectivity index (χ2v) is 1.66. The van der Waals surface area contributed by atoms with Crippen LogP contribution in [0.15, 0.2) is 0 Å². The molecule has 0 fully saturated rings. The summed E-state index contributed by atoms with van der Waals surface area (Å²) in [6, 6.07) is 0. The van der Waals surface area contributed by atoms with E-state index >= 15 is 0 Å². The first-order valence-corrected chi connectivity index (χ1v) is 2.37. The Labute approximate surface area is 61.9 Å². The molecule has 2 nitrogen and oxygen atoms in total. The van der Waals surface area contributed by atoms with E-state index in [2.05, 4.69) is 16.3 Å². The molecule has 0 aromatic rings. The topological polar surface area (TPSA) is 26.3 Å². The molecule has 0 saturated carbocycles. The van der Waals surface area contributed by atoms with E-state index in [4.69, 9.17) is 0 Å². The molecule has 0 unspecified atom stereocenters. The molecule has 0 rings (SSSR count). The monoisotopic (exact) mass is 198 g/mol. The molecule has 8 heteroatoms. The lowest BCUT2D eigenvalue weighted by Gasteiger charge is -2.16. The fourth-order valence-corrected chi connectivity index (χ4v) is 0.256. The van der Waals surface area contributed by atoms with Gasteiger partial charge in [0.25, 0.3) is 0 Å². The summed E-state index contributed by atoms with van der Waals surface area (Å²) in [5, 5.41) is 0. The normalized spacial score (nSPS) is 12.9. The number of hydrogen-bond donors (Lipinski definition) is 0. The second-order valence-electron chi connectivity index (χ2n) is 1.35. The van der Waals surface area contributed by atoms with Gasteiger partial charge in [-0.15, -0.1) is 0 Å². The Morgan fingerprint density at radius 1 is 1.18 bits per heavy atom. The largest absolute Gasteiger partial charge is 0.501 e. The average Bonchev–Trinajstić information content (AvgIpc) is 1.56. The standard InChI is InChI=1S/C3ClF5O2/c4-1(10)11-3(8,9)2(5,6)7. The molecule has 0 saturated heterocycles. The molecule has 0 aliphatic heterocycles. The Hall–Kier alpha value is -0.590. The van der Waals surface area contributed by atoms with Gasteiger partial charge < -0.3 is 4.74 Å². The molecule has 66 valence electrons. The third kappa shape index (κ3) is 2.87. The Morgan fingerprint density at radius 2 is 1.55 bits per heavy atom. The van der Waals surface area contributed by atoms with Gasteiger partial charge in [0.15, 0.2) is 0 Å². The summed E-state index contributed by atoms with van der Waals surface area (Å²) in [7, 11) is 0. The van der Waals surface area contributed by atoms with Gasteiger partial charge in [0.05, 0.1) is 0 Å². The van der Waals surface area contributed by atoms with Crippen molar-refractivity contribution in [3.63, 3.8) is 0 Å². The number of carbonyl (C=O) groups excluding carboxylic acids is 1. The van der Waals surface area contributed by atoms with Crippen molar-refractivity contribution in [1.82, 2.24) is 0 Å². The van der Waals surface area contributed by atoms with Crippen LogP contribution in [0.1, 0.15) is 0 Å². The molecule has 0 aromatic heterocycles. The maximum absolute atomic E-state index is 11.5. The SMILES string of the molecule is O=C(Cl)OC(F)(F)C(F)(F)F. The van der Waals surface area contributed by atoms with Gasteiger partial charge in [-0.3, -0.25) is 0 Å². The molecule has 0 aliphatic carbocycles. The molecule has 0 radical (unpaired) electrons. The maximum Gasteiger partial charge on any atom is 0.501 e. The third-order valence-corrected chi connectivity index (χ3v) is 0.616. The average molecular weight is 198 g/mol. The fourth-order valence-electron chi connectivity index (χ4n) is 0.159. The van der Waals surface area contributed by atoms with Gasteiger partial charge in [-0.05, 0) is 0 Å². The highest BCUT2D eigenvalue weighted by molar-refractivity contribution is 6.61. The summed E-state index contributed by atoms with van der Waals surface area (Å²) in [6.45, 7) is 0. The van der Waals surface area contributed by atoms with E-state index in [1.54, 1.807) is 0 Å². The van der Waals surface area contributed by atoms with Crippen molar-refractivity contribution < 1.29 is 31.5 Å². The number of hydrogen-bond acceptors (Lipinski definition) is 2. The van der Waals surface area contributed by atoms with Crippen LogP contribution in [0.5, 0.6) is 0 Å². The van der Waals surface area contributed by atoms with Gasteiger partial charge in [0, 0.05) is 11.6 Å². The van der Waals surface area contributed by atoms with E-state index in [-0.39, 0.29) is 0 Å². The molecule has 0 heterocycles. The first kappa shape index (κ1) is 10.4. The lowest BCUT2D eigenvalue weighted by molar-refractivity contribution is -0.368. The highest BCUT2D eigenvalue weighted by Crippen LogP contribution is 2.36. The molecular weight excluding hydrogens is 198 g/mol. The van der Waals surface area contributed by atoms with Crippen molar-refractivity contribution in [2.75, 3.05) is 0 Å². The minimum absolute atomic E-state index is 2.22. The number of halogens is 6. The van der Waals surface area contributed by atoms with E-state index in [9.17, 15) is 26.7 Å². The summed E-state index contributed by atoms with van der Waals surface area (Å²) in [6.07, 6.45) is -11.5. The highest BCUT2D eigenvalue weighted by Gasteiger charge is 2.62. The van der Waals surface area contributed by atoms with Crippen LogP contribution >= 0.6 is 11.6 Å². The Morgan fingerprint density at radius 3 is 1.64 bits per heavy atom. The molecule has 0 amide bonds. The van der Waals surface area contributed by atoms with Crippen molar-refractivity contribution >= 4 is 17.0 Å². The van der Waals surface area contributed by atoms with E-state index in [0.717, 1.165) is 0 Å². The van der Waals surface area contributed by atoms with Gasteiger partial charge in [0.1, 0.15) is 0 Å². The molecular formula is C3ClF5O2. The molecule has 0 N–H and O–H groups in total. The Balaban J connectivity index is 4.34. The van der Waals surface area contributed by atoms with Crippen LogP contribution in [0.2, 0.25) is 0 Å². The highest BCUT2D eigenvalue weighted by atomic mass is 35.5. The van der Waals surface area contributed by atoms with Gasteiger partial charge in [-0.2, -0.15) is 22.0 Å². The second kappa shape index (κ2) is 2.80. The molecule has 11 heavy (non-hydrogen) atoms. The van der Waals surface area contributed by atoms with E-state index in [1.807, 2.05) is 0 Å². The van der Waals surface area contributed by atoms with Crippen LogP contribution in [0, 0.1) is 0 Å². The number of rotatable bonds is 1. The van der Waals surface area contributed by atoms with Crippen molar-refractivity contribution in [1.29, 1.82) is 0 Å². The summed E-state index contributed by atoms with van der Waals surface area (Å²) < 4.78 is 58.9. The Kier molecular flexibility index (Phi) is 2.65. The summed E-state index contributed by atoms with van der Waals surface area (Å²) in [5.41, 5.74) is -2.22. The number of alkyl halides is 5. The van der Waals surface area contributed by atoms with Crippen molar-refractivity contribution in [3.05, 3.63) is 0 Å². The number of carbonyl (C=O) groups is 1. The molecule has 0 aliphatic rings. The predicted molar refractivity (Wildman–Crippen MR) is 23.3 cm³/mol. The zero-order chi connectivity index (χ0) is 9.28. The third-order valence-electron chi connectivity index (χ3n) is 0.538. The summed E-state index contributed by atoms with van der Waals surface area (Å²) >= 11 is 4.13. The van der Waals surface area contributed by atoms with E-state index in [1.165, 1.54) is 0 Å². The van der Waals surface area contributed by atoms with Gasteiger partial charge in [0.2, 0.25) is 0 Å². The molecule has 0 spiro atoms. The van der Waals surface area contributed by atoms with Crippen LogP contribution in [-0.2, 0) is 4.74 Å². The van der Waals surface area contributed by atoms with E-state index in [0.29, 0.717) is 0 Å². The van der Waals surface area contributed by atoms with Gasteiger partial charge >= 0.3 is 17.7 Å². The lowest BCUT2D eigenvalue weighted by atomic mass is 10.6. The van der Waals surface area contributed by atoms with Crippen LogP contribution in [0.25, 0.3) is 0 Å². The minimum atomic E-state index is -5.93. The summed E-state index contributed by atoms with van der Waals surface area (Å²) in [4.78, 5) is 9.47. The van der Waals surface area contributed by atoms with Crippen LogP contribution in [0.3, 0.4) is 0 Å². The summed E-state index contributed by atoms with van der Waals surface area (Å²) in [5.74, 6) is 0. The molecule has 0 atom stereocenters. The van der Waals surface area contributed by atoms with Crippen LogP contribution in [0.4, 0.5) is 26.7 Å². The lowest BCUT2D eigenvalue weighted by Crippen LogP contribution is -2.39. The minimum Gasteiger partial charge on any atom is -0.381 e. The fraction of sp³-hybridized carbons (Fsp3) is 0.667. The van der Waals surface area contributed by atoms with Gasteiger partial charge in [-0.1, -0.05) is 0 Å². The van der Waals surface area contributed by atoms with Crippen molar-refractivity contribution in [3.8, 4) is 0 Å². The molecule has 0 bridgehead atoms. The predicted octanol–water partition coefficient (Wildman–Crippen LogP) is 2.52. The first-order valence-electron chi connectivity index (χ1n) is 2.00. The zero-order valence-corrected chi connectivity index (χ0v) is 5.34. The van der Waals surface area contributed by atoms with Crippen LogP contribution < -0.4 is 0 Å². The van der Waals surface area contributed by atoms with Crippen LogP contribution in [-0.4, -0.2) is 17.7 Å². The quantitative estimate of drug-likeness (QED) is 0.478. The Bertz CT molecular complexity index is 164. The van der Waals surface area contributed by atoms with Gasteiger partial charge in [-0.25, -0.2) is 4.79 Å². The van der Waals surface area contributed by atoms with Crippen molar-refractivity contribution in [2.24, 2.45) is 0 Å². The number of ether oxygens (including phenoxy) is 1.